The SMILES string of the molecule is Cc1cccc(NC(=O)c2ccccc2NC(=O)CN2CCN(C/C=C/c3ccccc3)CC2)c1. The van der Waals surface area contributed by atoms with Crippen molar-refractivity contribution >= 4 is 29.3 Å². The molecule has 180 valence electrons. The van der Waals surface area contributed by atoms with E-state index in [1.54, 1.807) is 18.2 Å². The number of anilines is 2. The number of amides is 2. The Kier molecular flexibility index (Phi) is 8.44. The third-order valence-electron chi connectivity index (χ3n) is 6.03. The number of rotatable bonds is 8. The predicted molar refractivity (Wildman–Crippen MR) is 143 cm³/mol. The minimum absolute atomic E-state index is 0.113. The quantitative estimate of drug-likeness (QED) is 0.510. The molecule has 0 aromatic heterocycles. The van der Waals surface area contributed by atoms with Gasteiger partial charge in [-0.25, -0.2) is 0 Å². The van der Waals surface area contributed by atoms with Crippen LogP contribution in [0.15, 0.2) is 84.9 Å². The fraction of sp³-hybridized carbons (Fsp3) is 0.241. The molecule has 2 amide bonds. The van der Waals surface area contributed by atoms with Crippen LogP contribution < -0.4 is 10.6 Å². The molecule has 1 aliphatic heterocycles. The number of nitrogens with one attached hydrogen (secondary N) is 2. The van der Waals surface area contributed by atoms with Gasteiger partial charge in [-0.1, -0.05) is 66.7 Å². The van der Waals surface area contributed by atoms with Crippen LogP contribution in [0.3, 0.4) is 0 Å². The zero-order valence-electron chi connectivity index (χ0n) is 20.1. The van der Waals surface area contributed by atoms with E-state index in [4.69, 9.17) is 0 Å². The largest absolute Gasteiger partial charge is 0.324 e. The van der Waals surface area contributed by atoms with E-state index in [9.17, 15) is 9.59 Å². The minimum Gasteiger partial charge on any atom is -0.324 e. The molecule has 4 rings (SSSR count). The smallest absolute Gasteiger partial charge is 0.257 e. The van der Waals surface area contributed by atoms with Gasteiger partial charge >= 0.3 is 0 Å². The van der Waals surface area contributed by atoms with Crippen molar-refractivity contribution in [2.75, 3.05) is 49.9 Å². The second-order valence-electron chi connectivity index (χ2n) is 8.81. The molecule has 2 N–H and O–H groups in total. The van der Waals surface area contributed by atoms with Gasteiger partial charge < -0.3 is 10.6 Å². The number of benzene rings is 3. The van der Waals surface area contributed by atoms with Gasteiger partial charge in [0.2, 0.25) is 5.91 Å². The van der Waals surface area contributed by atoms with Gasteiger partial charge in [0, 0.05) is 38.4 Å². The van der Waals surface area contributed by atoms with Gasteiger partial charge in [0.25, 0.3) is 5.91 Å². The molecule has 0 saturated carbocycles. The fourth-order valence-corrected chi connectivity index (χ4v) is 4.14. The number of nitrogens with zero attached hydrogens (tertiary/aromatic N) is 2. The molecule has 6 nitrogen and oxygen atoms in total. The average molecular weight is 469 g/mol. The van der Waals surface area contributed by atoms with Crippen LogP contribution in [0.2, 0.25) is 0 Å². The first kappa shape index (κ1) is 24.4. The van der Waals surface area contributed by atoms with Gasteiger partial charge in [-0.3, -0.25) is 19.4 Å². The van der Waals surface area contributed by atoms with E-state index in [0.717, 1.165) is 44.0 Å². The normalized spacial score (nSPS) is 14.7. The number of hydrogen-bond donors (Lipinski definition) is 2. The Labute approximate surface area is 207 Å². The van der Waals surface area contributed by atoms with E-state index in [1.165, 1.54) is 5.56 Å². The van der Waals surface area contributed by atoms with Crippen molar-refractivity contribution < 1.29 is 9.59 Å². The molecule has 0 unspecified atom stereocenters. The highest BCUT2D eigenvalue weighted by molar-refractivity contribution is 6.10. The zero-order valence-corrected chi connectivity index (χ0v) is 20.1. The van der Waals surface area contributed by atoms with Gasteiger partial charge in [-0.15, -0.1) is 0 Å². The van der Waals surface area contributed by atoms with E-state index in [0.29, 0.717) is 17.8 Å². The Morgan fingerprint density at radius 3 is 2.31 bits per heavy atom. The van der Waals surface area contributed by atoms with Gasteiger partial charge in [-0.2, -0.15) is 0 Å². The molecule has 0 aliphatic carbocycles. The molecule has 6 heteroatoms. The Hall–Kier alpha value is -3.74. The number of hydrogen-bond acceptors (Lipinski definition) is 4. The summed E-state index contributed by atoms with van der Waals surface area (Å²) in [4.78, 5) is 30.1. The minimum atomic E-state index is -0.247. The maximum absolute atomic E-state index is 12.8. The van der Waals surface area contributed by atoms with E-state index in [1.807, 2.05) is 55.5 Å². The van der Waals surface area contributed by atoms with Crippen LogP contribution in [0, 0.1) is 6.92 Å². The summed E-state index contributed by atoms with van der Waals surface area (Å²) in [5, 5.41) is 5.85. The predicted octanol–water partition coefficient (Wildman–Crippen LogP) is 4.52. The van der Waals surface area contributed by atoms with E-state index < -0.39 is 0 Å². The first-order chi connectivity index (χ1) is 17.1. The van der Waals surface area contributed by atoms with E-state index in [-0.39, 0.29) is 11.8 Å². The lowest BCUT2D eigenvalue weighted by Crippen LogP contribution is -2.48. The number of piperazine rings is 1. The Balaban J connectivity index is 1.25. The summed E-state index contributed by atoms with van der Waals surface area (Å²) in [5.41, 5.74) is 3.96. The van der Waals surface area contributed by atoms with Crippen LogP contribution >= 0.6 is 0 Å². The first-order valence-electron chi connectivity index (χ1n) is 12.0. The molecule has 0 bridgehead atoms. The van der Waals surface area contributed by atoms with Crippen LogP contribution in [0.25, 0.3) is 6.08 Å². The standard InChI is InChI=1S/C29H32N4O2/c1-23-9-7-13-25(21-23)30-29(35)26-14-5-6-15-27(26)31-28(34)22-33-19-17-32(18-20-33)16-8-12-24-10-3-2-4-11-24/h2-15,21H,16-20,22H2,1H3,(H,30,35)(H,31,34)/b12-8+. The number of carbonyl (C=O) groups is 2. The first-order valence-corrected chi connectivity index (χ1v) is 12.0. The third kappa shape index (κ3) is 7.37. The van der Waals surface area contributed by atoms with Gasteiger partial charge in [0.15, 0.2) is 0 Å². The summed E-state index contributed by atoms with van der Waals surface area (Å²) >= 11 is 0. The molecule has 3 aromatic carbocycles. The van der Waals surface area contributed by atoms with Gasteiger partial charge in [0.1, 0.15) is 0 Å². The van der Waals surface area contributed by atoms with Crippen molar-refractivity contribution in [3.63, 3.8) is 0 Å². The topological polar surface area (TPSA) is 64.7 Å². The van der Waals surface area contributed by atoms with Crippen LogP contribution in [-0.4, -0.2) is 60.9 Å². The molecule has 1 heterocycles. The van der Waals surface area contributed by atoms with Gasteiger partial charge in [0.05, 0.1) is 17.8 Å². The highest BCUT2D eigenvalue weighted by Crippen LogP contribution is 2.18. The fourth-order valence-electron chi connectivity index (χ4n) is 4.14. The van der Waals surface area contributed by atoms with Gasteiger partial charge in [-0.05, 0) is 42.3 Å². The molecule has 0 radical (unpaired) electrons. The molecule has 0 spiro atoms. The molecule has 1 saturated heterocycles. The number of carbonyl (C=O) groups excluding carboxylic acids is 2. The van der Waals surface area contributed by atoms with Crippen LogP contribution in [-0.2, 0) is 4.79 Å². The Morgan fingerprint density at radius 1 is 0.829 bits per heavy atom. The molecule has 1 fully saturated rings. The molecule has 1 aliphatic rings. The van der Waals surface area contributed by atoms with Crippen molar-refractivity contribution in [2.24, 2.45) is 0 Å². The lowest BCUT2D eigenvalue weighted by molar-refractivity contribution is -0.117. The molecule has 0 atom stereocenters. The van der Waals surface area contributed by atoms with Crippen molar-refractivity contribution in [1.29, 1.82) is 0 Å². The maximum atomic E-state index is 12.8. The molecular formula is C29H32N4O2. The van der Waals surface area contributed by atoms with Crippen molar-refractivity contribution in [3.05, 3.63) is 102 Å². The summed E-state index contributed by atoms with van der Waals surface area (Å²) in [7, 11) is 0. The lowest BCUT2D eigenvalue weighted by Gasteiger charge is -2.33. The van der Waals surface area contributed by atoms with Crippen LogP contribution in [0.5, 0.6) is 0 Å². The number of aryl methyl sites for hydroxylation is 1. The summed E-state index contributed by atoms with van der Waals surface area (Å²) in [6.07, 6.45) is 4.34. The van der Waals surface area contributed by atoms with Crippen molar-refractivity contribution in [1.82, 2.24) is 9.80 Å². The summed E-state index contributed by atoms with van der Waals surface area (Å²) in [6.45, 7) is 6.69. The summed E-state index contributed by atoms with van der Waals surface area (Å²) in [5.74, 6) is -0.359. The Bertz CT molecular complexity index is 1170. The molecule has 35 heavy (non-hydrogen) atoms. The molecular weight excluding hydrogens is 436 g/mol. The second kappa shape index (κ2) is 12.1. The van der Waals surface area contributed by atoms with Crippen molar-refractivity contribution in [3.8, 4) is 0 Å². The maximum Gasteiger partial charge on any atom is 0.257 e. The second-order valence-corrected chi connectivity index (χ2v) is 8.81. The summed E-state index contributed by atoms with van der Waals surface area (Å²) in [6, 6.07) is 25.0. The van der Waals surface area contributed by atoms with Crippen LogP contribution in [0.1, 0.15) is 21.5 Å². The van der Waals surface area contributed by atoms with Crippen molar-refractivity contribution in [2.45, 2.75) is 6.92 Å². The van der Waals surface area contributed by atoms with Crippen LogP contribution in [0.4, 0.5) is 11.4 Å². The monoisotopic (exact) mass is 468 g/mol. The third-order valence-corrected chi connectivity index (χ3v) is 6.03. The Morgan fingerprint density at radius 2 is 1.54 bits per heavy atom. The average Bonchev–Trinajstić information content (AvgIpc) is 2.86. The highest BCUT2D eigenvalue weighted by atomic mass is 16.2. The van der Waals surface area contributed by atoms with E-state index in [2.05, 4.69) is 44.7 Å². The highest BCUT2D eigenvalue weighted by Gasteiger charge is 2.19. The summed E-state index contributed by atoms with van der Waals surface area (Å²) < 4.78 is 0. The number of para-hydroxylation sites is 1. The molecule has 3 aromatic rings. The van der Waals surface area contributed by atoms with E-state index >= 15 is 0 Å². The lowest BCUT2D eigenvalue weighted by atomic mass is 10.1. The zero-order chi connectivity index (χ0) is 24.5.